The van der Waals surface area contributed by atoms with Crippen molar-refractivity contribution >= 4 is 78.7 Å². The Morgan fingerprint density at radius 2 is 2.10 bits per heavy atom. The summed E-state index contributed by atoms with van der Waals surface area (Å²) in [5.74, 6) is -0.290. The smallest absolute Gasteiger partial charge is 0.401 e. The van der Waals surface area contributed by atoms with Crippen LogP contribution in [0.3, 0.4) is 0 Å². The minimum atomic E-state index is -0.612. The van der Waals surface area contributed by atoms with Gasteiger partial charge in [-0.3, -0.25) is 24.8 Å². The number of thioether (sulfide) groups is 1. The maximum atomic E-state index is 12.9. The monoisotopic (exact) mass is 487 g/mol. The van der Waals surface area contributed by atoms with Crippen LogP contribution in [-0.2, 0) is 4.79 Å². The van der Waals surface area contributed by atoms with E-state index in [1.807, 2.05) is 18.2 Å². The second kappa shape index (κ2) is 7.90. The van der Waals surface area contributed by atoms with Crippen molar-refractivity contribution < 1.29 is 14.1 Å². The molecule has 0 bridgehead atoms. The van der Waals surface area contributed by atoms with Gasteiger partial charge in [0.2, 0.25) is 0 Å². The number of fused-ring (bicyclic) bond motifs is 1. The zero-order valence-corrected chi connectivity index (χ0v) is 17.7. The van der Waals surface area contributed by atoms with Crippen molar-refractivity contribution in [2.45, 2.75) is 0 Å². The summed E-state index contributed by atoms with van der Waals surface area (Å²) in [4.78, 5) is 29.3. The number of anilines is 1. The summed E-state index contributed by atoms with van der Waals surface area (Å²) < 4.78 is 6.33. The lowest BCUT2D eigenvalue weighted by Crippen LogP contribution is -2.27. The van der Waals surface area contributed by atoms with Crippen molar-refractivity contribution in [2.24, 2.45) is 0 Å². The highest BCUT2D eigenvalue weighted by Crippen LogP contribution is 2.39. The first-order valence-electron chi connectivity index (χ1n) is 8.18. The van der Waals surface area contributed by atoms with E-state index in [9.17, 15) is 14.9 Å². The normalized spacial score (nSPS) is 15.9. The number of pyridine rings is 1. The van der Waals surface area contributed by atoms with E-state index >= 15 is 0 Å². The van der Waals surface area contributed by atoms with Crippen molar-refractivity contribution in [1.82, 2.24) is 4.98 Å². The molecule has 0 N–H and O–H groups in total. The van der Waals surface area contributed by atoms with Crippen molar-refractivity contribution in [2.75, 3.05) is 4.90 Å². The maximum Gasteiger partial charge on any atom is 0.433 e. The molecule has 3 aromatic rings. The Balaban J connectivity index is 1.62. The van der Waals surface area contributed by atoms with E-state index < -0.39 is 4.92 Å². The molecule has 1 aliphatic rings. The summed E-state index contributed by atoms with van der Waals surface area (Å²) in [6.45, 7) is 0. The molecule has 1 aromatic carbocycles. The zero-order chi connectivity index (χ0) is 20.5. The number of amides is 1. The minimum absolute atomic E-state index is 0.260. The van der Waals surface area contributed by atoms with Crippen LogP contribution in [0.5, 0.6) is 0 Å². The van der Waals surface area contributed by atoms with Crippen molar-refractivity contribution in [1.29, 1.82) is 0 Å². The molecule has 1 fully saturated rings. The van der Waals surface area contributed by atoms with Gasteiger partial charge in [0.15, 0.2) is 4.32 Å². The van der Waals surface area contributed by atoms with E-state index in [0.29, 0.717) is 26.2 Å². The summed E-state index contributed by atoms with van der Waals surface area (Å²) in [5, 5.41) is 11.5. The second-order valence-corrected chi connectivity index (χ2v) is 8.33. The standard InChI is InChI=1S/C19H10BrN3O4S2/c20-13-7-8-14(17-12(13)4-2-10-21-17)22-18(24)15(29-19(22)28)5-1-3-11-6-9-16(27-11)23(25)26/h1-10H/b3-1+,15-5-. The summed E-state index contributed by atoms with van der Waals surface area (Å²) >= 11 is 10.1. The number of hydrogen-bond acceptors (Lipinski definition) is 7. The lowest BCUT2D eigenvalue weighted by molar-refractivity contribution is -0.402. The third kappa shape index (κ3) is 3.74. The fourth-order valence-electron chi connectivity index (χ4n) is 2.75. The third-order valence-corrected chi connectivity index (χ3v) is 6.04. The van der Waals surface area contributed by atoms with Crippen molar-refractivity contribution in [3.8, 4) is 0 Å². The number of thiocarbonyl (C=S) groups is 1. The third-order valence-electron chi connectivity index (χ3n) is 4.03. The molecule has 0 radical (unpaired) electrons. The molecular formula is C19H10BrN3O4S2. The van der Waals surface area contributed by atoms with E-state index in [-0.39, 0.29) is 11.8 Å². The summed E-state index contributed by atoms with van der Waals surface area (Å²) in [6, 6.07) is 10.1. The molecule has 2 aromatic heterocycles. The molecule has 144 valence electrons. The second-order valence-electron chi connectivity index (χ2n) is 5.80. The fraction of sp³-hybridized carbons (Fsp3) is 0. The number of furan rings is 1. The van der Waals surface area contributed by atoms with Gasteiger partial charge in [-0.15, -0.1) is 0 Å². The molecule has 0 saturated carbocycles. The molecule has 10 heteroatoms. The van der Waals surface area contributed by atoms with Crippen LogP contribution >= 0.6 is 39.9 Å². The molecule has 1 aliphatic heterocycles. The Kier molecular flexibility index (Phi) is 5.31. The lowest BCUT2D eigenvalue weighted by Gasteiger charge is -2.16. The first-order valence-corrected chi connectivity index (χ1v) is 10.2. The summed E-state index contributed by atoms with van der Waals surface area (Å²) in [5.41, 5.74) is 1.28. The van der Waals surface area contributed by atoms with Gasteiger partial charge in [0.25, 0.3) is 5.91 Å². The van der Waals surface area contributed by atoms with Crippen LogP contribution in [0.25, 0.3) is 17.0 Å². The molecule has 0 spiro atoms. The van der Waals surface area contributed by atoms with Gasteiger partial charge < -0.3 is 4.42 Å². The van der Waals surface area contributed by atoms with Crippen molar-refractivity contribution in [3.05, 3.63) is 80.0 Å². The number of halogens is 1. The largest absolute Gasteiger partial charge is 0.433 e. The first-order chi connectivity index (χ1) is 14.0. The molecular weight excluding hydrogens is 478 g/mol. The number of hydrogen-bond donors (Lipinski definition) is 0. The van der Waals surface area contributed by atoms with E-state index in [1.165, 1.54) is 34.9 Å². The SMILES string of the molecule is O=C1/C(=C/C=C/c2ccc([N+](=O)[O-])o2)SC(=S)N1c1ccc(Br)c2cccnc12. The molecule has 3 heterocycles. The van der Waals surface area contributed by atoms with Gasteiger partial charge in [-0.05, 0) is 36.4 Å². The molecule has 1 saturated heterocycles. The zero-order valence-electron chi connectivity index (χ0n) is 14.4. The molecule has 0 atom stereocenters. The number of nitro groups is 1. The molecule has 1 amide bonds. The van der Waals surface area contributed by atoms with Crippen LogP contribution in [0.15, 0.2) is 68.5 Å². The highest BCUT2D eigenvalue weighted by molar-refractivity contribution is 9.10. The number of carbonyl (C=O) groups excluding carboxylic acids is 1. The van der Waals surface area contributed by atoms with E-state index in [0.717, 1.165) is 9.86 Å². The topological polar surface area (TPSA) is 89.5 Å². The highest BCUT2D eigenvalue weighted by atomic mass is 79.9. The van der Waals surface area contributed by atoms with Gasteiger partial charge in [-0.2, -0.15) is 0 Å². The lowest BCUT2D eigenvalue weighted by atomic mass is 10.2. The maximum absolute atomic E-state index is 12.9. The number of benzene rings is 1. The summed E-state index contributed by atoms with van der Waals surface area (Å²) in [6.07, 6.45) is 6.39. The van der Waals surface area contributed by atoms with Gasteiger partial charge in [0.05, 0.1) is 22.2 Å². The first kappa shape index (κ1) is 19.5. The average Bonchev–Trinajstić information content (AvgIpc) is 3.28. The molecule has 7 nitrogen and oxygen atoms in total. The Labute approximate surface area is 182 Å². The summed E-state index contributed by atoms with van der Waals surface area (Å²) in [7, 11) is 0. The predicted molar refractivity (Wildman–Crippen MR) is 120 cm³/mol. The Hall–Kier alpha value is -2.82. The number of allylic oxidation sites excluding steroid dienone is 2. The Morgan fingerprint density at radius 3 is 2.86 bits per heavy atom. The number of aromatic nitrogens is 1. The van der Waals surface area contributed by atoms with Crippen LogP contribution in [0.2, 0.25) is 0 Å². The molecule has 4 rings (SSSR count). The molecule has 0 unspecified atom stereocenters. The number of carbonyl (C=O) groups is 1. The van der Waals surface area contributed by atoms with Gasteiger partial charge in [-0.25, -0.2) is 0 Å². The Bertz CT molecular complexity index is 1240. The predicted octanol–water partition coefficient (Wildman–Crippen LogP) is 5.46. The van der Waals surface area contributed by atoms with Crippen LogP contribution < -0.4 is 4.90 Å². The molecule has 0 aliphatic carbocycles. The minimum Gasteiger partial charge on any atom is -0.401 e. The van der Waals surface area contributed by atoms with Crippen LogP contribution in [0.1, 0.15) is 5.76 Å². The molecule has 29 heavy (non-hydrogen) atoms. The van der Waals surface area contributed by atoms with Gasteiger partial charge in [-0.1, -0.05) is 52.1 Å². The van der Waals surface area contributed by atoms with Crippen LogP contribution in [0.4, 0.5) is 11.6 Å². The highest BCUT2D eigenvalue weighted by Gasteiger charge is 2.34. The van der Waals surface area contributed by atoms with E-state index in [1.54, 1.807) is 24.4 Å². The number of rotatable bonds is 4. The van der Waals surface area contributed by atoms with E-state index in [4.69, 9.17) is 16.6 Å². The Morgan fingerprint density at radius 1 is 1.28 bits per heavy atom. The van der Waals surface area contributed by atoms with Crippen molar-refractivity contribution in [3.63, 3.8) is 0 Å². The number of nitrogens with zero attached hydrogens (tertiary/aromatic N) is 3. The van der Waals surface area contributed by atoms with Crippen LogP contribution in [-0.4, -0.2) is 20.1 Å². The van der Waals surface area contributed by atoms with Gasteiger partial charge in [0, 0.05) is 16.1 Å². The average molecular weight is 488 g/mol. The van der Waals surface area contributed by atoms with E-state index in [2.05, 4.69) is 20.9 Å². The quantitative estimate of drug-likeness (QED) is 0.209. The van der Waals surface area contributed by atoms with Gasteiger partial charge >= 0.3 is 5.88 Å². The van der Waals surface area contributed by atoms with Gasteiger partial charge in [0.1, 0.15) is 10.7 Å². The fourth-order valence-corrected chi connectivity index (χ4v) is 4.44. The van der Waals surface area contributed by atoms with Crippen LogP contribution in [0, 0.1) is 10.1 Å².